The molecule has 1 aliphatic heterocycles. The van der Waals surface area contributed by atoms with Gasteiger partial charge in [-0.3, -0.25) is 14.4 Å². The molecule has 32 heavy (non-hydrogen) atoms. The van der Waals surface area contributed by atoms with E-state index in [1.807, 2.05) is 0 Å². The number of carbonyl (C=O) groups is 2. The van der Waals surface area contributed by atoms with Gasteiger partial charge in [0.25, 0.3) is 11.8 Å². The van der Waals surface area contributed by atoms with E-state index < -0.39 is 76.2 Å². The lowest BCUT2D eigenvalue weighted by Crippen LogP contribution is -2.44. The highest BCUT2D eigenvalue weighted by Crippen LogP contribution is 2.23. The predicted octanol–water partition coefficient (Wildman–Crippen LogP) is 2.40. The van der Waals surface area contributed by atoms with Gasteiger partial charge in [0.15, 0.2) is 11.4 Å². The third-order valence-corrected chi connectivity index (χ3v) is 4.95. The summed E-state index contributed by atoms with van der Waals surface area (Å²) in [4.78, 5) is 38.4. The van der Waals surface area contributed by atoms with Crippen LogP contribution in [0, 0.1) is 17.5 Å². The topological polar surface area (TPSA) is 91.6 Å². The van der Waals surface area contributed by atoms with Crippen LogP contribution in [0.2, 0.25) is 0 Å². The Morgan fingerprint density at radius 2 is 1.78 bits per heavy atom. The molecular formula is C20H18F5N3O4. The molecule has 0 bridgehead atoms. The molecule has 0 aliphatic carbocycles. The normalized spacial score (nSPS) is 13.8. The molecule has 2 amide bonds. The first kappa shape index (κ1) is 23.2. The molecule has 0 saturated heterocycles. The van der Waals surface area contributed by atoms with Crippen LogP contribution in [0.1, 0.15) is 39.8 Å². The Hall–Kier alpha value is -3.44. The number of pyridine rings is 1. The summed E-state index contributed by atoms with van der Waals surface area (Å²) in [6, 6.07) is 0.853. The number of hydrogen-bond donors (Lipinski definition) is 2. The zero-order valence-electron chi connectivity index (χ0n) is 16.7. The fourth-order valence-electron chi connectivity index (χ4n) is 3.24. The van der Waals surface area contributed by atoms with Crippen molar-refractivity contribution in [3.05, 3.63) is 62.8 Å². The molecule has 1 aliphatic rings. The number of nitrogens with zero attached hydrogens (tertiary/aromatic N) is 2. The summed E-state index contributed by atoms with van der Waals surface area (Å²) >= 11 is 0. The molecule has 0 fully saturated rings. The van der Waals surface area contributed by atoms with Crippen LogP contribution in [0.25, 0.3) is 0 Å². The van der Waals surface area contributed by atoms with Crippen molar-refractivity contribution < 1.29 is 36.6 Å². The molecule has 2 aromatic rings. The first-order valence-electron chi connectivity index (χ1n) is 9.44. The number of aromatic nitrogens is 1. The van der Waals surface area contributed by atoms with E-state index in [-0.39, 0.29) is 19.6 Å². The molecule has 1 aromatic carbocycles. The van der Waals surface area contributed by atoms with E-state index in [9.17, 15) is 41.4 Å². The number of hydrogen-bond acceptors (Lipinski definition) is 4. The summed E-state index contributed by atoms with van der Waals surface area (Å²) < 4.78 is 67.8. The number of alkyl halides is 2. The lowest BCUT2D eigenvalue weighted by Gasteiger charge is -2.31. The number of halogens is 5. The second-order valence-corrected chi connectivity index (χ2v) is 7.41. The van der Waals surface area contributed by atoms with E-state index in [0.717, 1.165) is 15.7 Å². The van der Waals surface area contributed by atoms with Crippen molar-refractivity contribution in [2.75, 3.05) is 13.1 Å². The van der Waals surface area contributed by atoms with E-state index in [0.29, 0.717) is 19.1 Å². The van der Waals surface area contributed by atoms with Crippen LogP contribution in [0.5, 0.6) is 5.75 Å². The van der Waals surface area contributed by atoms with Gasteiger partial charge in [0.05, 0.1) is 0 Å². The van der Waals surface area contributed by atoms with Crippen LogP contribution < -0.4 is 10.7 Å². The van der Waals surface area contributed by atoms with Gasteiger partial charge in [0, 0.05) is 56.5 Å². The first-order valence-corrected chi connectivity index (χ1v) is 9.44. The average molecular weight is 459 g/mol. The van der Waals surface area contributed by atoms with Crippen molar-refractivity contribution in [1.82, 2.24) is 14.8 Å². The maximum atomic E-state index is 13.7. The summed E-state index contributed by atoms with van der Waals surface area (Å²) in [5.41, 5.74) is -2.91. The largest absolute Gasteiger partial charge is 0.503 e. The summed E-state index contributed by atoms with van der Waals surface area (Å²) in [6.45, 7) is -0.307. The summed E-state index contributed by atoms with van der Waals surface area (Å²) in [7, 11) is 0. The molecule has 7 nitrogen and oxygen atoms in total. The first-order chi connectivity index (χ1) is 14.9. The third kappa shape index (κ3) is 4.73. The van der Waals surface area contributed by atoms with Gasteiger partial charge in [0.2, 0.25) is 11.4 Å². The van der Waals surface area contributed by atoms with Crippen molar-refractivity contribution in [3.63, 3.8) is 0 Å². The van der Waals surface area contributed by atoms with Crippen LogP contribution in [-0.4, -0.2) is 45.4 Å². The Kier molecular flexibility index (Phi) is 6.24. The van der Waals surface area contributed by atoms with Crippen molar-refractivity contribution in [2.24, 2.45) is 0 Å². The Morgan fingerprint density at radius 1 is 1.16 bits per heavy atom. The van der Waals surface area contributed by atoms with Crippen LogP contribution in [0.4, 0.5) is 22.0 Å². The monoisotopic (exact) mass is 459 g/mol. The second-order valence-electron chi connectivity index (χ2n) is 7.41. The molecule has 2 N–H and O–H groups in total. The fraction of sp³-hybridized carbons (Fsp3) is 0.350. The van der Waals surface area contributed by atoms with Crippen molar-refractivity contribution >= 4 is 11.8 Å². The van der Waals surface area contributed by atoms with Crippen molar-refractivity contribution in [1.29, 1.82) is 0 Å². The second kappa shape index (κ2) is 8.60. The Balaban J connectivity index is 1.82. The highest BCUT2D eigenvalue weighted by Gasteiger charge is 2.32. The summed E-state index contributed by atoms with van der Waals surface area (Å²) in [5, 5.41) is 12.3. The molecular weight excluding hydrogens is 441 g/mol. The van der Waals surface area contributed by atoms with E-state index >= 15 is 0 Å². The fourth-order valence-corrected chi connectivity index (χ4v) is 3.24. The molecule has 0 spiro atoms. The van der Waals surface area contributed by atoms with Gasteiger partial charge in [0.1, 0.15) is 23.0 Å². The number of fused-ring (bicyclic) bond motifs is 1. The molecule has 0 radical (unpaired) electrons. The van der Waals surface area contributed by atoms with Gasteiger partial charge < -0.3 is 19.9 Å². The number of amides is 2. The molecule has 3 rings (SSSR count). The van der Waals surface area contributed by atoms with Crippen molar-refractivity contribution in [2.45, 2.75) is 32.4 Å². The van der Waals surface area contributed by atoms with Gasteiger partial charge in [-0.1, -0.05) is 0 Å². The Morgan fingerprint density at radius 3 is 2.38 bits per heavy atom. The van der Waals surface area contributed by atoms with Crippen LogP contribution in [0.3, 0.4) is 0 Å². The lowest BCUT2D eigenvalue weighted by atomic mass is 10.1. The van der Waals surface area contributed by atoms with Crippen LogP contribution in [0.15, 0.2) is 23.1 Å². The van der Waals surface area contributed by atoms with Crippen molar-refractivity contribution in [3.8, 4) is 5.75 Å². The zero-order valence-corrected chi connectivity index (χ0v) is 16.7. The smallest absolute Gasteiger partial charge is 0.274 e. The van der Waals surface area contributed by atoms with Crippen LogP contribution in [-0.2, 0) is 13.1 Å². The van der Waals surface area contributed by atoms with Gasteiger partial charge in [-0.15, -0.1) is 0 Å². The number of rotatable bonds is 6. The van der Waals surface area contributed by atoms with Crippen LogP contribution >= 0.6 is 0 Å². The third-order valence-electron chi connectivity index (χ3n) is 4.95. The average Bonchev–Trinajstić information content (AvgIpc) is 2.68. The Bertz CT molecular complexity index is 1120. The van der Waals surface area contributed by atoms with Gasteiger partial charge in [-0.2, -0.15) is 0 Å². The number of carbonyl (C=O) groups excluding carboxylic acids is 2. The molecule has 0 saturated carbocycles. The minimum atomic E-state index is -3.01. The zero-order chi connectivity index (χ0) is 23.8. The van der Waals surface area contributed by atoms with E-state index in [2.05, 4.69) is 5.32 Å². The molecule has 2 heterocycles. The maximum absolute atomic E-state index is 13.7. The number of benzene rings is 1. The summed E-state index contributed by atoms with van der Waals surface area (Å²) in [6.07, 6.45) is 0.383. The number of nitrogens with one attached hydrogen (secondary N) is 1. The predicted molar refractivity (Wildman–Crippen MR) is 101 cm³/mol. The molecule has 0 atom stereocenters. The molecule has 1 aromatic heterocycles. The number of aromatic hydroxyl groups is 1. The quantitative estimate of drug-likeness (QED) is 0.650. The highest BCUT2D eigenvalue weighted by molar-refractivity contribution is 5.99. The Labute approximate surface area is 178 Å². The summed E-state index contributed by atoms with van der Waals surface area (Å²) in [5.74, 6) is -9.62. The lowest BCUT2D eigenvalue weighted by molar-refractivity contribution is 0.00295. The SMILES string of the molecule is CC(F)(F)CCN1CCn2cc(C(=O)NCc3c(F)cc(F)cc3F)c(=O)c(O)c2C1=O. The van der Waals surface area contributed by atoms with E-state index in [1.54, 1.807) is 0 Å². The molecule has 172 valence electrons. The maximum Gasteiger partial charge on any atom is 0.274 e. The van der Waals surface area contributed by atoms with Gasteiger partial charge in [-0.05, 0) is 6.92 Å². The van der Waals surface area contributed by atoms with Gasteiger partial charge in [-0.25, -0.2) is 22.0 Å². The van der Waals surface area contributed by atoms with Gasteiger partial charge >= 0.3 is 0 Å². The van der Waals surface area contributed by atoms with E-state index in [1.165, 1.54) is 0 Å². The minimum Gasteiger partial charge on any atom is -0.503 e. The molecule has 0 unspecified atom stereocenters. The standard InChI is InChI=1S/C20H18F5N3O4/c1-20(24,25)2-3-27-4-5-28-9-12(16(29)17(30)15(28)19(27)32)18(31)26-8-11-13(22)6-10(21)7-14(11)23/h6-7,9,30H,2-5,8H2,1H3,(H,26,31). The van der Waals surface area contributed by atoms with E-state index in [4.69, 9.17) is 0 Å². The molecule has 12 heteroatoms. The highest BCUT2D eigenvalue weighted by atomic mass is 19.3. The minimum absolute atomic E-state index is 0.00269.